The van der Waals surface area contributed by atoms with Gasteiger partial charge in [0.05, 0.1) is 0 Å². The van der Waals surface area contributed by atoms with Gasteiger partial charge in [0.25, 0.3) is 5.91 Å². The first-order valence-corrected chi connectivity index (χ1v) is 7.64. The lowest BCUT2D eigenvalue weighted by Crippen LogP contribution is -2.25. The van der Waals surface area contributed by atoms with Crippen molar-refractivity contribution in [3.63, 3.8) is 0 Å². The molecule has 1 aromatic rings. The zero-order chi connectivity index (χ0) is 13.4. The summed E-state index contributed by atoms with van der Waals surface area (Å²) in [4.78, 5) is 11.7. The summed E-state index contributed by atoms with van der Waals surface area (Å²) < 4.78 is 5.76. The zero-order valence-corrected chi connectivity index (χ0v) is 12.6. The van der Waals surface area contributed by atoms with Crippen LogP contribution in [0, 0.1) is 0 Å². The Labute approximate surface area is 116 Å². The normalized spacial score (nSPS) is 12.4. The molecule has 1 atom stereocenters. The van der Waals surface area contributed by atoms with Crippen LogP contribution >= 0.6 is 23.1 Å². The maximum atomic E-state index is 11.7. The Kier molecular flexibility index (Phi) is 7.22. The van der Waals surface area contributed by atoms with Crippen LogP contribution in [0.4, 0.5) is 0 Å². The first-order valence-electron chi connectivity index (χ1n) is 5.94. The van der Waals surface area contributed by atoms with E-state index in [9.17, 15) is 4.79 Å². The topological polar surface area (TPSA) is 64.1 Å². The molecule has 102 valence electrons. The Hall–Kier alpha value is -0.660. The Bertz CT molecular complexity index is 371. The van der Waals surface area contributed by atoms with E-state index in [2.05, 4.69) is 29.4 Å². The standard InChI is InChI=1S/C11H19N3O2S2/c1-4-8(2)17-11-14-13-10(18-11)9(15)12-6-5-7-16-3/h8H,4-7H2,1-3H3,(H,12,15). The maximum absolute atomic E-state index is 11.7. The summed E-state index contributed by atoms with van der Waals surface area (Å²) in [6.07, 6.45) is 1.87. The molecule has 1 amide bonds. The van der Waals surface area contributed by atoms with E-state index in [1.807, 2.05) is 0 Å². The van der Waals surface area contributed by atoms with Gasteiger partial charge in [-0.15, -0.1) is 10.2 Å². The fourth-order valence-electron chi connectivity index (χ4n) is 1.10. The number of amides is 1. The van der Waals surface area contributed by atoms with Crippen molar-refractivity contribution in [1.29, 1.82) is 0 Å². The second-order valence-electron chi connectivity index (χ2n) is 3.81. The highest BCUT2D eigenvalue weighted by atomic mass is 32.2. The fraction of sp³-hybridized carbons (Fsp3) is 0.727. The third-order valence-electron chi connectivity index (χ3n) is 2.29. The average molecular weight is 289 g/mol. The smallest absolute Gasteiger partial charge is 0.282 e. The van der Waals surface area contributed by atoms with Crippen molar-refractivity contribution in [2.45, 2.75) is 36.3 Å². The molecule has 0 fully saturated rings. The average Bonchev–Trinajstić information content (AvgIpc) is 2.82. The van der Waals surface area contributed by atoms with Gasteiger partial charge in [0.1, 0.15) is 0 Å². The van der Waals surface area contributed by atoms with Crippen molar-refractivity contribution in [3.8, 4) is 0 Å². The van der Waals surface area contributed by atoms with Gasteiger partial charge in [0.15, 0.2) is 4.34 Å². The number of nitrogens with zero attached hydrogens (tertiary/aromatic N) is 2. The molecule has 0 bridgehead atoms. The lowest BCUT2D eigenvalue weighted by atomic mass is 10.4. The second kappa shape index (κ2) is 8.44. The molecule has 0 saturated carbocycles. The molecule has 1 aromatic heterocycles. The quantitative estimate of drug-likeness (QED) is 0.587. The molecular formula is C11H19N3O2S2. The highest BCUT2D eigenvalue weighted by molar-refractivity contribution is 8.01. The minimum absolute atomic E-state index is 0.153. The van der Waals surface area contributed by atoms with E-state index in [0.29, 0.717) is 23.4 Å². The van der Waals surface area contributed by atoms with Crippen molar-refractivity contribution in [3.05, 3.63) is 5.01 Å². The minimum atomic E-state index is -0.153. The van der Waals surface area contributed by atoms with Gasteiger partial charge in [-0.05, 0) is 12.8 Å². The van der Waals surface area contributed by atoms with Crippen LogP contribution in [0.3, 0.4) is 0 Å². The number of carbonyl (C=O) groups excluding carboxylic acids is 1. The number of rotatable bonds is 8. The lowest BCUT2D eigenvalue weighted by molar-refractivity contribution is 0.0947. The van der Waals surface area contributed by atoms with E-state index < -0.39 is 0 Å². The molecule has 0 aliphatic carbocycles. The first kappa shape index (κ1) is 15.4. The Morgan fingerprint density at radius 1 is 1.56 bits per heavy atom. The number of aromatic nitrogens is 2. The second-order valence-corrected chi connectivity index (χ2v) is 6.48. The highest BCUT2D eigenvalue weighted by Gasteiger charge is 2.13. The van der Waals surface area contributed by atoms with Gasteiger partial charge in [0, 0.05) is 25.5 Å². The molecule has 0 saturated heterocycles. The zero-order valence-electron chi connectivity index (χ0n) is 10.9. The van der Waals surface area contributed by atoms with Crippen LogP contribution in [-0.2, 0) is 4.74 Å². The van der Waals surface area contributed by atoms with Gasteiger partial charge in [-0.3, -0.25) is 4.79 Å². The predicted octanol–water partition coefficient (Wildman–Crippen LogP) is 2.20. The van der Waals surface area contributed by atoms with Crippen LogP contribution in [0.5, 0.6) is 0 Å². The first-order chi connectivity index (χ1) is 8.67. The van der Waals surface area contributed by atoms with E-state index in [4.69, 9.17) is 4.74 Å². The Morgan fingerprint density at radius 2 is 2.33 bits per heavy atom. The van der Waals surface area contributed by atoms with Crippen LogP contribution < -0.4 is 5.32 Å². The number of ether oxygens (including phenoxy) is 1. The van der Waals surface area contributed by atoms with Crippen LogP contribution in [0.2, 0.25) is 0 Å². The largest absolute Gasteiger partial charge is 0.385 e. The summed E-state index contributed by atoms with van der Waals surface area (Å²) in [6.45, 7) is 5.50. The van der Waals surface area contributed by atoms with E-state index in [1.165, 1.54) is 11.3 Å². The molecule has 0 aliphatic heterocycles. The lowest BCUT2D eigenvalue weighted by Gasteiger charge is -2.02. The number of thioether (sulfide) groups is 1. The van der Waals surface area contributed by atoms with Crippen molar-refractivity contribution >= 4 is 29.0 Å². The van der Waals surface area contributed by atoms with Crippen LogP contribution in [-0.4, -0.2) is 41.6 Å². The fourth-order valence-corrected chi connectivity index (χ4v) is 3.11. The van der Waals surface area contributed by atoms with E-state index in [0.717, 1.165) is 17.2 Å². The van der Waals surface area contributed by atoms with E-state index >= 15 is 0 Å². The molecule has 1 N–H and O–H groups in total. The number of hydrogen-bond donors (Lipinski definition) is 1. The van der Waals surface area contributed by atoms with Crippen molar-refractivity contribution in [2.75, 3.05) is 20.3 Å². The summed E-state index contributed by atoms with van der Waals surface area (Å²) in [5.74, 6) is -0.153. The monoisotopic (exact) mass is 289 g/mol. The molecule has 1 heterocycles. The molecule has 0 aromatic carbocycles. The number of carbonyl (C=O) groups is 1. The summed E-state index contributed by atoms with van der Waals surface area (Å²) in [5.41, 5.74) is 0. The Morgan fingerprint density at radius 3 is 3.00 bits per heavy atom. The van der Waals surface area contributed by atoms with Crippen molar-refractivity contribution in [2.24, 2.45) is 0 Å². The molecule has 5 nitrogen and oxygen atoms in total. The number of nitrogens with one attached hydrogen (secondary N) is 1. The van der Waals surface area contributed by atoms with Gasteiger partial charge in [-0.25, -0.2) is 0 Å². The summed E-state index contributed by atoms with van der Waals surface area (Å²) >= 11 is 3.00. The van der Waals surface area contributed by atoms with Crippen molar-refractivity contribution < 1.29 is 9.53 Å². The van der Waals surface area contributed by atoms with E-state index in [1.54, 1.807) is 18.9 Å². The van der Waals surface area contributed by atoms with Crippen LogP contribution in [0.15, 0.2) is 4.34 Å². The maximum Gasteiger partial charge on any atom is 0.282 e. The van der Waals surface area contributed by atoms with Gasteiger partial charge in [0.2, 0.25) is 5.01 Å². The molecule has 0 spiro atoms. The molecule has 7 heteroatoms. The highest BCUT2D eigenvalue weighted by Crippen LogP contribution is 2.27. The van der Waals surface area contributed by atoms with Gasteiger partial charge < -0.3 is 10.1 Å². The SMILES string of the molecule is CCC(C)Sc1nnc(C(=O)NCCCOC)s1. The van der Waals surface area contributed by atoms with E-state index in [-0.39, 0.29) is 5.91 Å². The third-order valence-corrected chi connectivity index (χ3v) is 4.56. The molecule has 1 rings (SSSR count). The molecule has 0 radical (unpaired) electrons. The van der Waals surface area contributed by atoms with Gasteiger partial charge in [-0.1, -0.05) is 36.9 Å². The Balaban J connectivity index is 2.39. The number of hydrogen-bond acceptors (Lipinski definition) is 6. The summed E-state index contributed by atoms with van der Waals surface area (Å²) in [6, 6.07) is 0. The van der Waals surface area contributed by atoms with Crippen LogP contribution in [0.1, 0.15) is 36.5 Å². The van der Waals surface area contributed by atoms with Gasteiger partial charge in [-0.2, -0.15) is 0 Å². The molecule has 0 aliphatic rings. The van der Waals surface area contributed by atoms with Gasteiger partial charge >= 0.3 is 0 Å². The minimum Gasteiger partial charge on any atom is -0.385 e. The molecule has 18 heavy (non-hydrogen) atoms. The van der Waals surface area contributed by atoms with Crippen molar-refractivity contribution in [1.82, 2.24) is 15.5 Å². The third kappa shape index (κ3) is 5.32. The molecular weight excluding hydrogens is 270 g/mol. The summed E-state index contributed by atoms with van der Waals surface area (Å²) in [7, 11) is 1.64. The predicted molar refractivity (Wildman–Crippen MR) is 74.3 cm³/mol. The number of methoxy groups -OCH3 is 1. The summed E-state index contributed by atoms with van der Waals surface area (Å²) in [5, 5.41) is 11.6. The van der Waals surface area contributed by atoms with Crippen LogP contribution in [0.25, 0.3) is 0 Å². The molecule has 1 unspecified atom stereocenters.